The van der Waals surface area contributed by atoms with E-state index in [1.807, 2.05) is 13.8 Å². The number of nitrogens with zero attached hydrogens (tertiary/aromatic N) is 1. The van der Waals surface area contributed by atoms with E-state index >= 15 is 0 Å². The molecule has 0 aliphatic carbocycles. The predicted molar refractivity (Wildman–Crippen MR) is 39.4 cm³/mol. The third kappa shape index (κ3) is 1.92. The molecule has 0 bridgehead atoms. The summed E-state index contributed by atoms with van der Waals surface area (Å²) in [5.41, 5.74) is 0. The highest BCUT2D eigenvalue weighted by Gasteiger charge is 1.99. The lowest BCUT2D eigenvalue weighted by molar-refractivity contribution is 0.224. The number of ether oxygens (including phenoxy) is 1. The van der Waals surface area contributed by atoms with Gasteiger partial charge in [-0.05, 0) is 13.8 Å². The molecule has 0 unspecified atom stereocenters. The van der Waals surface area contributed by atoms with Gasteiger partial charge in [-0.1, -0.05) is 11.6 Å². The number of aromatic nitrogens is 2. The summed E-state index contributed by atoms with van der Waals surface area (Å²) in [6.07, 6.45) is 1.64. The smallest absolute Gasteiger partial charge is 0.294 e. The van der Waals surface area contributed by atoms with Crippen molar-refractivity contribution in [1.29, 1.82) is 0 Å². The molecular weight excluding hydrogens is 152 g/mol. The SMILES string of the molecule is CC(C)Oc1ncc(Cl)[nH]1. The molecule has 0 aliphatic heterocycles. The van der Waals surface area contributed by atoms with E-state index in [9.17, 15) is 0 Å². The molecule has 0 aliphatic rings. The van der Waals surface area contributed by atoms with E-state index < -0.39 is 0 Å². The Morgan fingerprint density at radius 1 is 1.70 bits per heavy atom. The highest BCUT2D eigenvalue weighted by atomic mass is 35.5. The second-order valence-electron chi connectivity index (χ2n) is 2.20. The topological polar surface area (TPSA) is 37.9 Å². The van der Waals surface area contributed by atoms with Crippen molar-refractivity contribution in [3.05, 3.63) is 11.3 Å². The molecule has 0 atom stereocenters. The van der Waals surface area contributed by atoms with Crippen LogP contribution in [0.4, 0.5) is 0 Å². The molecule has 0 aromatic carbocycles. The minimum atomic E-state index is 0.127. The van der Waals surface area contributed by atoms with Gasteiger partial charge in [0, 0.05) is 0 Å². The lowest BCUT2D eigenvalue weighted by Crippen LogP contribution is -2.06. The van der Waals surface area contributed by atoms with Gasteiger partial charge in [0.1, 0.15) is 5.15 Å². The summed E-state index contributed by atoms with van der Waals surface area (Å²) >= 11 is 5.55. The maximum atomic E-state index is 5.55. The van der Waals surface area contributed by atoms with Gasteiger partial charge in [0.25, 0.3) is 6.01 Å². The van der Waals surface area contributed by atoms with Crippen molar-refractivity contribution < 1.29 is 4.74 Å². The van der Waals surface area contributed by atoms with Crippen LogP contribution in [-0.2, 0) is 0 Å². The standard InChI is InChI=1S/C6H9ClN2O/c1-4(2)10-6-8-3-5(7)9-6/h3-4H,1-2H3,(H,8,9). The van der Waals surface area contributed by atoms with E-state index in [4.69, 9.17) is 16.3 Å². The largest absolute Gasteiger partial charge is 0.462 e. The van der Waals surface area contributed by atoms with Crippen molar-refractivity contribution in [2.45, 2.75) is 20.0 Å². The van der Waals surface area contributed by atoms with Crippen LogP contribution >= 0.6 is 11.6 Å². The maximum absolute atomic E-state index is 5.55. The first-order valence-electron chi connectivity index (χ1n) is 3.05. The fraction of sp³-hybridized carbons (Fsp3) is 0.500. The van der Waals surface area contributed by atoms with E-state index in [1.165, 1.54) is 6.20 Å². The molecule has 0 amide bonds. The van der Waals surface area contributed by atoms with Crippen LogP contribution in [0.3, 0.4) is 0 Å². The molecule has 1 aromatic rings. The van der Waals surface area contributed by atoms with Crippen molar-refractivity contribution in [2.75, 3.05) is 0 Å². The van der Waals surface area contributed by atoms with Gasteiger partial charge in [-0.15, -0.1) is 0 Å². The van der Waals surface area contributed by atoms with Crippen molar-refractivity contribution >= 4 is 11.6 Å². The quantitative estimate of drug-likeness (QED) is 0.717. The summed E-state index contributed by atoms with van der Waals surface area (Å²) in [5.74, 6) is 0. The Balaban J connectivity index is 2.58. The molecule has 0 radical (unpaired) electrons. The third-order valence-corrected chi connectivity index (χ3v) is 1.06. The minimum Gasteiger partial charge on any atom is -0.462 e. The Kier molecular flexibility index (Phi) is 2.17. The Morgan fingerprint density at radius 3 is 2.80 bits per heavy atom. The molecule has 3 nitrogen and oxygen atoms in total. The van der Waals surface area contributed by atoms with Crippen LogP contribution in [0, 0.1) is 0 Å². The first kappa shape index (κ1) is 7.41. The normalized spacial score (nSPS) is 10.4. The number of nitrogens with one attached hydrogen (secondary N) is 1. The summed E-state index contributed by atoms with van der Waals surface area (Å²) in [5, 5.41) is 0.496. The number of rotatable bonds is 2. The van der Waals surface area contributed by atoms with Crippen LogP contribution in [0.25, 0.3) is 0 Å². The summed E-state index contributed by atoms with van der Waals surface area (Å²) in [6, 6.07) is 0.472. The Morgan fingerprint density at radius 2 is 2.40 bits per heavy atom. The molecule has 0 saturated heterocycles. The van der Waals surface area contributed by atoms with Gasteiger partial charge >= 0.3 is 0 Å². The molecule has 56 valence electrons. The Labute approximate surface area is 64.4 Å². The van der Waals surface area contributed by atoms with Gasteiger partial charge in [0.2, 0.25) is 0 Å². The molecule has 4 heteroatoms. The number of hydrogen-bond donors (Lipinski definition) is 1. The summed E-state index contributed by atoms with van der Waals surface area (Å²) in [4.78, 5) is 6.59. The van der Waals surface area contributed by atoms with Gasteiger partial charge in [0.15, 0.2) is 0 Å². The van der Waals surface area contributed by atoms with Gasteiger partial charge < -0.3 is 4.74 Å². The van der Waals surface area contributed by atoms with Crippen LogP contribution in [0.1, 0.15) is 13.8 Å². The zero-order chi connectivity index (χ0) is 7.56. The number of H-pyrrole nitrogens is 1. The second-order valence-corrected chi connectivity index (χ2v) is 2.61. The van der Waals surface area contributed by atoms with Crippen LogP contribution < -0.4 is 4.74 Å². The molecule has 1 heterocycles. The molecule has 1 rings (SSSR count). The molecule has 0 spiro atoms. The van der Waals surface area contributed by atoms with Crippen molar-refractivity contribution in [1.82, 2.24) is 9.97 Å². The number of halogens is 1. The number of aromatic amines is 1. The highest BCUT2D eigenvalue weighted by molar-refractivity contribution is 6.29. The molecule has 1 aromatic heterocycles. The van der Waals surface area contributed by atoms with Crippen molar-refractivity contribution in [3.63, 3.8) is 0 Å². The third-order valence-electron chi connectivity index (χ3n) is 0.869. The average molecular weight is 161 g/mol. The van der Waals surface area contributed by atoms with Crippen LogP contribution in [0.2, 0.25) is 5.15 Å². The van der Waals surface area contributed by atoms with Gasteiger partial charge in [-0.2, -0.15) is 0 Å². The van der Waals surface area contributed by atoms with E-state index in [0.29, 0.717) is 11.2 Å². The minimum absolute atomic E-state index is 0.127. The zero-order valence-corrected chi connectivity index (χ0v) is 6.64. The lowest BCUT2D eigenvalue weighted by Gasteiger charge is -2.03. The number of hydrogen-bond acceptors (Lipinski definition) is 2. The molecule has 0 fully saturated rings. The predicted octanol–water partition coefficient (Wildman–Crippen LogP) is 1.85. The fourth-order valence-corrected chi connectivity index (χ4v) is 0.695. The summed E-state index contributed by atoms with van der Waals surface area (Å²) in [6.45, 7) is 3.85. The van der Waals surface area contributed by atoms with Gasteiger partial charge in [-0.25, -0.2) is 4.98 Å². The molecule has 0 saturated carbocycles. The first-order chi connectivity index (χ1) is 4.68. The Hall–Kier alpha value is -0.700. The lowest BCUT2D eigenvalue weighted by atomic mass is 10.5. The fourth-order valence-electron chi connectivity index (χ4n) is 0.565. The van der Waals surface area contributed by atoms with E-state index in [2.05, 4.69) is 9.97 Å². The van der Waals surface area contributed by atoms with Crippen LogP contribution in [-0.4, -0.2) is 16.1 Å². The Bertz CT molecular complexity index is 209. The van der Waals surface area contributed by atoms with Gasteiger partial charge in [0.05, 0.1) is 12.3 Å². The van der Waals surface area contributed by atoms with Crippen LogP contribution in [0.15, 0.2) is 6.20 Å². The van der Waals surface area contributed by atoms with E-state index in [1.54, 1.807) is 0 Å². The van der Waals surface area contributed by atoms with E-state index in [-0.39, 0.29) is 6.10 Å². The van der Waals surface area contributed by atoms with Crippen molar-refractivity contribution in [3.8, 4) is 6.01 Å². The maximum Gasteiger partial charge on any atom is 0.294 e. The molecule has 10 heavy (non-hydrogen) atoms. The van der Waals surface area contributed by atoms with E-state index in [0.717, 1.165) is 0 Å². The summed E-state index contributed by atoms with van der Waals surface area (Å²) in [7, 11) is 0. The average Bonchev–Trinajstić information content (AvgIpc) is 2.13. The molecular formula is C6H9ClN2O. The number of imidazole rings is 1. The van der Waals surface area contributed by atoms with Crippen LogP contribution in [0.5, 0.6) is 6.01 Å². The van der Waals surface area contributed by atoms with Gasteiger partial charge in [-0.3, -0.25) is 4.98 Å². The zero-order valence-electron chi connectivity index (χ0n) is 5.89. The monoisotopic (exact) mass is 160 g/mol. The molecule has 1 N–H and O–H groups in total. The highest BCUT2D eigenvalue weighted by Crippen LogP contribution is 2.10. The first-order valence-corrected chi connectivity index (χ1v) is 3.43. The second kappa shape index (κ2) is 2.92. The summed E-state index contributed by atoms with van der Waals surface area (Å²) < 4.78 is 5.18. The van der Waals surface area contributed by atoms with Crippen molar-refractivity contribution in [2.24, 2.45) is 0 Å².